The van der Waals surface area contributed by atoms with Gasteiger partial charge in [0.05, 0.1) is 11.7 Å². The summed E-state index contributed by atoms with van der Waals surface area (Å²) in [5.74, 6) is 1.05. The van der Waals surface area contributed by atoms with Crippen LogP contribution in [0.5, 0.6) is 0 Å². The molecule has 1 unspecified atom stereocenters. The van der Waals surface area contributed by atoms with Crippen LogP contribution in [0.15, 0.2) is 18.2 Å². The molecule has 1 atom stereocenters. The second-order valence-corrected chi connectivity index (χ2v) is 5.62. The molecule has 2 heterocycles. The van der Waals surface area contributed by atoms with Gasteiger partial charge >= 0.3 is 0 Å². The summed E-state index contributed by atoms with van der Waals surface area (Å²) in [6, 6.07) is 6.64. The van der Waals surface area contributed by atoms with E-state index in [1.165, 1.54) is 22.4 Å². The van der Waals surface area contributed by atoms with E-state index in [2.05, 4.69) is 43.5 Å². The molecule has 0 saturated carbocycles. The van der Waals surface area contributed by atoms with Crippen LogP contribution in [0.4, 0.5) is 0 Å². The number of nitrogens with two attached hydrogens (primary N) is 1. The van der Waals surface area contributed by atoms with Crippen LogP contribution in [0, 0.1) is 20.8 Å². The van der Waals surface area contributed by atoms with Crippen molar-refractivity contribution in [3.63, 3.8) is 0 Å². The second-order valence-electron chi connectivity index (χ2n) is 5.62. The average molecular weight is 255 g/mol. The molecule has 3 nitrogen and oxygen atoms in total. The molecular weight excluding hydrogens is 234 g/mol. The van der Waals surface area contributed by atoms with E-state index in [9.17, 15) is 0 Å². The summed E-state index contributed by atoms with van der Waals surface area (Å²) < 4.78 is 2.29. The largest absolute Gasteiger partial charge is 0.330 e. The molecule has 2 aromatic rings. The molecule has 0 amide bonds. The first kappa shape index (κ1) is 12.4. The van der Waals surface area contributed by atoms with Crippen LogP contribution in [-0.4, -0.2) is 9.55 Å². The molecule has 1 aliphatic heterocycles. The average Bonchev–Trinajstić information content (AvgIpc) is 2.69. The summed E-state index contributed by atoms with van der Waals surface area (Å²) in [5, 5.41) is 0. The maximum atomic E-state index is 6.19. The third-order valence-electron chi connectivity index (χ3n) is 4.12. The van der Waals surface area contributed by atoms with Gasteiger partial charge in [0, 0.05) is 17.8 Å². The van der Waals surface area contributed by atoms with E-state index in [1.54, 1.807) is 0 Å². The van der Waals surface area contributed by atoms with Crippen LogP contribution >= 0.6 is 0 Å². The Kier molecular flexibility index (Phi) is 2.94. The molecule has 2 N–H and O–H groups in total. The molecule has 1 aromatic carbocycles. The zero-order valence-corrected chi connectivity index (χ0v) is 11.9. The topological polar surface area (TPSA) is 43.8 Å². The normalized spacial score (nSPS) is 18.4. The molecule has 0 bridgehead atoms. The summed E-state index contributed by atoms with van der Waals surface area (Å²) in [7, 11) is 0. The first-order valence-corrected chi connectivity index (χ1v) is 6.98. The lowest BCUT2D eigenvalue weighted by molar-refractivity contribution is 0.446. The first-order valence-electron chi connectivity index (χ1n) is 6.98. The third kappa shape index (κ3) is 1.98. The summed E-state index contributed by atoms with van der Waals surface area (Å²) in [4.78, 5) is 4.83. The van der Waals surface area contributed by atoms with Gasteiger partial charge in [0.25, 0.3) is 0 Å². The number of fused-ring (bicyclic) bond motifs is 1. The Labute approximate surface area is 114 Å². The van der Waals surface area contributed by atoms with Crippen molar-refractivity contribution in [3.8, 4) is 11.3 Å². The third-order valence-corrected chi connectivity index (χ3v) is 4.12. The van der Waals surface area contributed by atoms with Crippen molar-refractivity contribution >= 4 is 0 Å². The molecule has 0 spiro atoms. The van der Waals surface area contributed by atoms with Gasteiger partial charge in [-0.2, -0.15) is 0 Å². The Morgan fingerprint density at radius 1 is 1.26 bits per heavy atom. The van der Waals surface area contributed by atoms with Gasteiger partial charge in [-0.3, -0.25) is 0 Å². The molecule has 0 radical (unpaired) electrons. The molecule has 1 aromatic heterocycles. The van der Waals surface area contributed by atoms with Crippen molar-refractivity contribution in [1.82, 2.24) is 9.55 Å². The minimum atomic E-state index is 0.0898. The maximum absolute atomic E-state index is 6.19. The smallest absolute Gasteiger partial charge is 0.126 e. The molecule has 3 heteroatoms. The van der Waals surface area contributed by atoms with Crippen molar-refractivity contribution in [2.45, 2.75) is 46.2 Å². The van der Waals surface area contributed by atoms with E-state index in [-0.39, 0.29) is 6.04 Å². The maximum Gasteiger partial charge on any atom is 0.126 e. The van der Waals surface area contributed by atoms with E-state index < -0.39 is 0 Å². The highest BCUT2D eigenvalue weighted by molar-refractivity contribution is 5.66. The Morgan fingerprint density at radius 3 is 2.74 bits per heavy atom. The Bertz CT molecular complexity index is 625. The van der Waals surface area contributed by atoms with Gasteiger partial charge in [0.2, 0.25) is 0 Å². The zero-order chi connectivity index (χ0) is 13.6. The molecule has 0 fully saturated rings. The van der Waals surface area contributed by atoms with E-state index in [1.807, 2.05) is 0 Å². The fraction of sp³-hybridized carbons (Fsp3) is 0.438. The molecule has 19 heavy (non-hydrogen) atoms. The fourth-order valence-electron chi connectivity index (χ4n) is 3.05. The number of nitrogens with zero attached hydrogens (tertiary/aromatic N) is 2. The number of hydrogen-bond acceptors (Lipinski definition) is 2. The van der Waals surface area contributed by atoms with E-state index >= 15 is 0 Å². The molecular formula is C16H21N3. The highest BCUT2D eigenvalue weighted by atomic mass is 15.1. The number of rotatable bonds is 1. The van der Waals surface area contributed by atoms with Crippen LogP contribution in [0.25, 0.3) is 11.3 Å². The number of hydrogen-bond donors (Lipinski definition) is 1. The number of aryl methyl sites for hydroxylation is 2. The highest BCUT2D eigenvalue weighted by Crippen LogP contribution is 2.32. The molecule has 100 valence electrons. The van der Waals surface area contributed by atoms with Crippen molar-refractivity contribution in [2.75, 3.05) is 0 Å². The molecule has 0 aliphatic carbocycles. The van der Waals surface area contributed by atoms with Crippen molar-refractivity contribution in [1.29, 1.82) is 0 Å². The lowest BCUT2D eigenvalue weighted by Crippen LogP contribution is -2.22. The van der Waals surface area contributed by atoms with Gasteiger partial charge in [0.15, 0.2) is 0 Å². The van der Waals surface area contributed by atoms with Crippen LogP contribution in [-0.2, 0) is 6.54 Å². The van der Waals surface area contributed by atoms with Gasteiger partial charge in [-0.25, -0.2) is 4.98 Å². The summed E-state index contributed by atoms with van der Waals surface area (Å²) in [6.07, 6.45) is 2.19. The summed E-state index contributed by atoms with van der Waals surface area (Å²) >= 11 is 0. The second kappa shape index (κ2) is 4.49. The molecule has 3 rings (SSSR count). The monoisotopic (exact) mass is 255 g/mol. The SMILES string of the molecule is Cc1ccc(-c2nc3n(c2C)CCCC3N)c(C)c1. The van der Waals surface area contributed by atoms with Gasteiger partial charge < -0.3 is 10.3 Å². The number of benzene rings is 1. The zero-order valence-electron chi connectivity index (χ0n) is 11.9. The Morgan fingerprint density at radius 2 is 2.05 bits per heavy atom. The predicted molar refractivity (Wildman–Crippen MR) is 78.0 cm³/mol. The van der Waals surface area contributed by atoms with Crippen molar-refractivity contribution in [3.05, 3.63) is 40.8 Å². The number of aromatic nitrogens is 2. The fourth-order valence-corrected chi connectivity index (χ4v) is 3.05. The van der Waals surface area contributed by atoms with Crippen LogP contribution in [0.2, 0.25) is 0 Å². The molecule has 1 aliphatic rings. The van der Waals surface area contributed by atoms with Gasteiger partial charge in [0.1, 0.15) is 5.82 Å². The molecule has 0 saturated heterocycles. The lowest BCUT2D eigenvalue weighted by Gasteiger charge is -2.20. The standard InChI is InChI=1S/C16H21N3/c1-10-6-7-13(11(2)9-10)15-12(3)19-8-4-5-14(17)16(19)18-15/h6-7,9,14H,4-5,8,17H2,1-3H3. The lowest BCUT2D eigenvalue weighted by atomic mass is 10.0. The van der Waals surface area contributed by atoms with E-state index in [4.69, 9.17) is 10.7 Å². The van der Waals surface area contributed by atoms with Crippen LogP contribution in [0.3, 0.4) is 0 Å². The Hall–Kier alpha value is -1.61. The van der Waals surface area contributed by atoms with Gasteiger partial charge in [-0.15, -0.1) is 0 Å². The van der Waals surface area contributed by atoms with E-state index in [0.717, 1.165) is 30.9 Å². The van der Waals surface area contributed by atoms with E-state index in [0.29, 0.717) is 0 Å². The first-order chi connectivity index (χ1) is 9.08. The van der Waals surface area contributed by atoms with Crippen molar-refractivity contribution < 1.29 is 0 Å². The predicted octanol–water partition coefficient (Wildman–Crippen LogP) is 3.27. The highest BCUT2D eigenvalue weighted by Gasteiger charge is 2.23. The Balaban J connectivity index is 2.16. The summed E-state index contributed by atoms with van der Waals surface area (Å²) in [6.45, 7) is 7.48. The van der Waals surface area contributed by atoms with Crippen molar-refractivity contribution in [2.24, 2.45) is 5.73 Å². The summed E-state index contributed by atoms with van der Waals surface area (Å²) in [5.41, 5.74) is 12.3. The van der Waals surface area contributed by atoms with Crippen LogP contribution in [0.1, 0.15) is 41.5 Å². The van der Waals surface area contributed by atoms with Gasteiger partial charge in [-0.05, 0) is 39.2 Å². The quantitative estimate of drug-likeness (QED) is 0.850. The number of imidazole rings is 1. The minimum Gasteiger partial charge on any atom is -0.330 e. The van der Waals surface area contributed by atoms with Crippen LogP contribution < -0.4 is 5.73 Å². The van der Waals surface area contributed by atoms with Gasteiger partial charge in [-0.1, -0.05) is 23.8 Å². The minimum absolute atomic E-state index is 0.0898.